The van der Waals surface area contributed by atoms with Crippen molar-refractivity contribution in [2.24, 2.45) is 5.73 Å². The van der Waals surface area contributed by atoms with E-state index in [0.29, 0.717) is 11.3 Å². The molecule has 0 fully saturated rings. The Kier molecular flexibility index (Phi) is 2.10. The lowest BCUT2D eigenvalue weighted by molar-refractivity contribution is 0.1000. The number of ketones is 1. The number of carbonyl (C=O) groups is 1. The van der Waals surface area contributed by atoms with Crippen LogP contribution in [0.2, 0.25) is 0 Å². The van der Waals surface area contributed by atoms with E-state index in [0.717, 1.165) is 5.76 Å². The molecule has 0 atom stereocenters. The van der Waals surface area contributed by atoms with E-state index in [2.05, 4.69) is 0 Å². The second-order valence-corrected chi connectivity index (χ2v) is 2.45. The van der Waals surface area contributed by atoms with Crippen molar-refractivity contribution < 1.29 is 9.21 Å². The van der Waals surface area contributed by atoms with E-state index in [1.54, 1.807) is 19.9 Å². The summed E-state index contributed by atoms with van der Waals surface area (Å²) in [6.07, 6.45) is 0. The van der Waals surface area contributed by atoms with Gasteiger partial charge in [0, 0.05) is 0 Å². The largest absolute Gasteiger partial charge is 0.466 e. The Labute approximate surface area is 65.2 Å². The van der Waals surface area contributed by atoms with Crippen LogP contribution in [0.4, 0.5) is 0 Å². The first-order chi connectivity index (χ1) is 5.15. The highest BCUT2D eigenvalue weighted by Crippen LogP contribution is 2.13. The molecule has 60 valence electrons. The Morgan fingerprint density at radius 1 is 1.64 bits per heavy atom. The molecule has 2 N–H and O–H groups in total. The normalized spacial score (nSPS) is 10.1. The Morgan fingerprint density at radius 2 is 2.27 bits per heavy atom. The van der Waals surface area contributed by atoms with Gasteiger partial charge in [0.1, 0.15) is 11.5 Å². The van der Waals surface area contributed by atoms with Crippen LogP contribution in [0.25, 0.3) is 0 Å². The number of rotatable bonds is 2. The number of carbonyl (C=O) groups excluding carboxylic acids is 1. The van der Waals surface area contributed by atoms with Gasteiger partial charge in [-0.2, -0.15) is 0 Å². The van der Waals surface area contributed by atoms with Gasteiger partial charge >= 0.3 is 0 Å². The maximum Gasteiger partial charge on any atom is 0.179 e. The van der Waals surface area contributed by atoms with Gasteiger partial charge in [-0.25, -0.2) is 0 Å². The van der Waals surface area contributed by atoms with Gasteiger partial charge in [-0.1, -0.05) is 0 Å². The van der Waals surface area contributed by atoms with Crippen molar-refractivity contribution in [3.8, 4) is 0 Å². The first kappa shape index (κ1) is 8.01. The standard InChI is InChI=1S/C8H11NO2/c1-5-3-7(6(2)11-5)8(10)4-9/h3H,4,9H2,1-2H3. The van der Waals surface area contributed by atoms with Crippen LogP contribution < -0.4 is 5.73 Å². The third kappa shape index (κ3) is 1.49. The molecule has 1 rings (SSSR count). The molecule has 3 heteroatoms. The van der Waals surface area contributed by atoms with Crippen molar-refractivity contribution in [2.45, 2.75) is 13.8 Å². The van der Waals surface area contributed by atoms with E-state index >= 15 is 0 Å². The van der Waals surface area contributed by atoms with Gasteiger partial charge in [-0.05, 0) is 19.9 Å². The molecule has 0 saturated carbocycles. The van der Waals surface area contributed by atoms with E-state index < -0.39 is 0 Å². The topological polar surface area (TPSA) is 56.2 Å². The zero-order valence-electron chi connectivity index (χ0n) is 6.68. The molecule has 1 heterocycles. The zero-order chi connectivity index (χ0) is 8.43. The van der Waals surface area contributed by atoms with E-state index in [1.165, 1.54) is 0 Å². The fraction of sp³-hybridized carbons (Fsp3) is 0.375. The van der Waals surface area contributed by atoms with E-state index in [1.807, 2.05) is 0 Å². The maximum absolute atomic E-state index is 11.1. The lowest BCUT2D eigenvalue weighted by Crippen LogP contribution is -2.13. The number of hydrogen-bond donors (Lipinski definition) is 1. The molecule has 0 aliphatic heterocycles. The number of aryl methyl sites for hydroxylation is 2. The average Bonchev–Trinajstić information content (AvgIpc) is 2.28. The SMILES string of the molecule is Cc1cc(C(=O)CN)c(C)o1. The molecule has 3 nitrogen and oxygen atoms in total. The maximum atomic E-state index is 11.1. The van der Waals surface area contributed by atoms with Crippen LogP contribution in [-0.2, 0) is 0 Å². The van der Waals surface area contributed by atoms with Crippen molar-refractivity contribution >= 4 is 5.78 Å². The molecular formula is C8H11NO2. The highest BCUT2D eigenvalue weighted by atomic mass is 16.3. The van der Waals surface area contributed by atoms with E-state index in [9.17, 15) is 4.79 Å². The minimum absolute atomic E-state index is 0.0415. The van der Waals surface area contributed by atoms with Crippen LogP contribution in [0.1, 0.15) is 21.9 Å². The first-order valence-electron chi connectivity index (χ1n) is 3.45. The predicted octanol–water partition coefficient (Wildman–Crippen LogP) is 1.04. The van der Waals surface area contributed by atoms with Crippen molar-refractivity contribution in [1.82, 2.24) is 0 Å². The van der Waals surface area contributed by atoms with Gasteiger partial charge in [0.25, 0.3) is 0 Å². The molecule has 0 aliphatic carbocycles. The average molecular weight is 153 g/mol. The molecular weight excluding hydrogens is 142 g/mol. The van der Waals surface area contributed by atoms with Crippen LogP contribution in [-0.4, -0.2) is 12.3 Å². The van der Waals surface area contributed by atoms with Crippen LogP contribution in [0.15, 0.2) is 10.5 Å². The summed E-state index contributed by atoms with van der Waals surface area (Å²) in [5.74, 6) is 1.33. The lowest BCUT2D eigenvalue weighted by Gasteiger charge is -1.91. The smallest absolute Gasteiger partial charge is 0.179 e. The molecule has 0 bridgehead atoms. The van der Waals surface area contributed by atoms with Crippen molar-refractivity contribution in [3.05, 3.63) is 23.2 Å². The third-order valence-corrected chi connectivity index (χ3v) is 1.53. The molecule has 0 aliphatic rings. The van der Waals surface area contributed by atoms with Crippen LogP contribution in [0.5, 0.6) is 0 Å². The Bertz CT molecular complexity index is 276. The van der Waals surface area contributed by atoms with Gasteiger partial charge < -0.3 is 10.2 Å². The fourth-order valence-electron chi connectivity index (χ4n) is 1.02. The van der Waals surface area contributed by atoms with Gasteiger partial charge in [-0.15, -0.1) is 0 Å². The molecule has 0 saturated heterocycles. The van der Waals surface area contributed by atoms with Gasteiger partial charge in [-0.3, -0.25) is 4.79 Å². The van der Waals surface area contributed by atoms with Crippen molar-refractivity contribution in [2.75, 3.05) is 6.54 Å². The molecule has 1 aromatic heterocycles. The summed E-state index contributed by atoms with van der Waals surface area (Å²) in [4.78, 5) is 11.1. The predicted molar refractivity (Wildman–Crippen MR) is 41.6 cm³/mol. The minimum Gasteiger partial charge on any atom is -0.466 e. The molecule has 0 spiro atoms. The summed E-state index contributed by atoms with van der Waals surface area (Å²) in [5.41, 5.74) is 5.79. The lowest BCUT2D eigenvalue weighted by atomic mass is 10.1. The summed E-state index contributed by atoms with van der Waals surface area (Å²) < 4.78 is 5.16. The van der Waals surface area contributed by atoms with Gasteiger partial charge in [0.05, 0.1) is 12.1 Å². The number of furan rings is 1. The Hall–Kier alpha value is -1.09. The van der Waals surface area contributed by atoms with Crippen molar-refractivity contribution in [1.29, 1.82) is 0 Å². The van der Waals surface area contributed by atoms with Gasteiger partial charge in [0.2, 0.25) is 0 Å². The number of hydrogen-bond acceptors (Lipinski definition) is 3. The summed E-state index contributed by atoms with van der Waals surface area (Å²) in [7, 11) is 0. The molecule has 0 amide bonds. The highest BCUT2D eigenvalue weighted by molar-refractivity contribution is 5.98. The molecule has 0 radical (unpaired) electrons. The van der Waals surface area contributed by atoms with E-state index in [4.69, 9.17) is 10.2 Å². The second kappa shape index (κ2) is 2.88. The second-order valence-electron chi connectivity index (χ2n) is 2.45. The summed E-state index contributed by atoms with van der Waals surface area (Å²) >= 11 is 0. The molecule has 0 aromatic carbocycles. The summed E-state index contributed by atoms with van der Waals surface area (Å²) in [6, 6.07) is 1.71. The molecule has 11 heavy (non-hydrogen) atoms. The highest BCUT2D eigenvalue weighted by Gasteiger charge is 2.10. The van der Waals surface area contributed by atoms with E-state index in [-0.39, 0.29) is 12.3 Å². The number of Topliss-reactive ketones (excluding diaryl/α,β-unsaturated/α-hetero) is 1. The van der Waals surface area contributed by atoms with Crippen LogP contribution in [0, 0.1) is 13.8 Å². The van der Waals surface area contributed by atoms with Crippen LogP contribution in [0.3, 0.4) is 0 Å². The monoisotopic (exact) mass is 153 g/mol. The zero-order valence-corrected chi connectivity index (χ0v) is 6.68. The molecule has 1 aromatic rings. The Balaban J connectivity index is 3.03. The summed E-state index contributed by atoms with van der Waals surface area (Å²) in [5, 5.41) is 0. The summed E-state index contributed by atoms with van der Waals surface area (Å²) in [6.45, 7) is 3.61. The minimum atomic E-state index is -0.0700. The molecule has 0 unspecified atom stereocenters. The number of nitrogens with two attached hydrogens (primary N) is 1. The third-order valence-electron chi connectivity index (χ3n) is 1.53. The van der Waals surface area contributed by atoms with Crippen LogP contribution >= 0.6 is 0 Å². The quantitative estimate of drug-likeness (QED) is 0.646. The fourth-order valence-corrected chi connectivity index (χ4v) is 1.02. The first-order valence-corrected chi connectivity index (χ1v) is 3.45. The van der Waals surface area contributed by atoms with Gasteiger partial charge in [0.15, 0.2) is 5.78 Å². The van der Waals surface area contributed by atoms with Crippen molar-refractivity contribution in [3.63, 3.8) is 0 Å². The Morgan fingerprint density at radius 3 is 2.64 bits per heavy atom.